The van der Waals surface area contributed by atoms with Crippen molar-refractivity contribution >= 4 is 58.2 Å². The van der Waals surface area contributed by atoms with E-state index in [0.29, 0.717) is 39.5 Å². The molecule has 3 unspecified atom stereocenters. The molecule has 0 aromatic heterocycles. The zero-order valence-corrected chi connectivity index (χ0v) is 35.1. The summed E-state index contributed by atoms with van der Waals surface area (Å²) in [7, 11) is 0. The molecule has 6 fully saturated rings. The summed E-state index contributed by atoms with van der Waals surface area (Å²) in [6, 6.07) is 20.6. The first kappa shape index (κ1) is 39.7. The summed E-state index contributed by atoms with van der Waals surface area (Å²) in [5.74, 6) is 0.0621. The highest BCUT2D eigenvalue weighted by Gasteiger charge is 2.46. The number of likely N-dealkylation sites (tertiary alicyclic amines) is 2. The van der Waals surface area contributed by atoms with Crippen molar-refractivity contribution in [2.75, 3.05) is 86.7 Å². The van der Waals surface area contributed by atoms with Gasteiger partial charge in [0.1, 0.15) is 12.1 Å². The van der Waals surface area contributed by atoms with E-state index in [1.54, 1.807) is 18.2 Å². The monoisotopic (exact) mass is 842 g/mol. The second-order valence-corrected chi connectivity index (χ2v) is 18.9. The van der Waals surface area contributed by atoms with E-state index in [-0.39, 0.29) is 30.1 Å². The van der Waals surface area contributed by atoms with Crippen LogP contribution in [-0.4, -0.2) is 122 Å². The summed E-state index contributed by atoms with van der Waals surface area (Å²) >= 11 is 6.33. The number of hydrogen-bond donors (Lipinski definition) is 1. The van der Waals surface area contributed by atoms with Crippen LogP contribution in [0.25, 0.3) is 0 Å². The molecular weight excluding hydrogens is 792 g/mol. The third-order valence-corrected chi connectivity index (χ3v) is 15.3. The molecule has 3 atom stereocenters. The Morgan fingerprint density at radius 3 is 2.08 bits per heavy atom. The fraction of sp³-hybridized carbons (Fsp3) is 0.489. The van der Waals surface area contributed by atoms with Crippen molar-refractivity contribution in [2.45, 2.75) is 51.0 Å². The summed E-state index contributed by atoms with van der Waals surface area (Å²) < 4.78 is 0. The molecule has 6 saturated heterocycles. The quantitative estimate of drug-likeness (QED) is 0.323. The van der Waals surface area contributed by atoms with Gasteiger partial charge in [0.25, 0.3) is 17.7 Å². The van der Waals surface area contributed by atoms with Gasteiger partial charge in [-0.15, -0.1) is 0 Å². The number of nitrogens with zero attached hydrogens (tertiary/aromatic N) is 7. The van der Waals surface area contributed by atoms with Gasteiger partial charge in [0.15, 0.2) is 0 Å². The molecule has 0 bridgehead atoms. The molecule has 10 rings (SSSR count). The Kier molecular flexibility index (Phi) is 10.3. The van der Waals surface area contributed by atoms with Gasteiger partial charge in [-0.1, -0.05) is 11.6 Å². The highest BCUT2D eigenvalue weighted by atomic mass is 35.5. The average molecular weight is 843 g/mol. The number of nitriles is 1. The van der Waals surface area contributed by atoms with Crippen LogP contribution in [0.3, 0.4) is 0 Å². The number of imide groups is 2. The van der Waals surface area contributed by atoms with Gasteiger partial charge in [-0.3, -0.25) is 34.2 Å². The van der Waals surface area contributed by atoms with Gasteiger partial charge >= 0.3 is 0 Å². The maximum atomic E-state index is 13.6. The third kappa shape index (κ3) is 7.41. The number of piperidine rings is 3. The first-order valence-corrected chi connectivity index (χ1v) is 22.3. The maximum absolute atomic E-state index is 13.6. The van der Waals surface area contributed by atoms with Gasteiger partial charge in [0.2, 0.25) is 11.8 Å². The molecule has 5 amide bonds. The van der Waals surface area contributed by atoms with E-state index in [9.17, 15) is 29.2 Å². The van der Waals surface area contributed by atoms with Gasteiger partial charge in [-0.2, -0.15) is 5.26 Å². The van der Waals surface area contributed by atoms with Crippen molar-refractivity contribution < 1.29 is 24.0 Å². The van der Waals surface area contributed by atoms with Crippen molar-refractivity contribution in [1.29, 1.82) is 5.26 Å². The molecule has 14 heteroatoms. The minimum atomic E-state index is -0.962. The largest absolute Gasteiger partial charge is 0.371 e. The zero-order valence-electron chi connectivity index (χ0n) is 34.4. The first-order chi connectivity index (χ1) is 29.5. The fourth-order valence-corrected chi connectivity index (χ4v) is 11.6. The molecule has 7 heterocycles. The predicted octanol–water partition coefficient (Wildman–Crippen LogP) is 5.03. The van der Waals surface area contributed by atoms with Crippen LogP contribution in [0.1, 0.15) is 81.6 Å². The van der Waals surface area contributed by atoms with E-state index in [1.165, 1.54) is 5.69 Å². The highest BCUT2D eigenvalue weighted by molar-refractivity contribution is 6.32. The molecule has 1 spiro atoms. The second-order valence-electron chi connectivity index (χ2n) is 18.5. The van der Waals surface area contributed by atoms with E-state index in [1.807, 2.05) is 35.2 Å². The van der Waals surface area contributed by atoms with Crippen LogP contribution in [0, 0.1) is 34.5 Å². The lowest BCUT2D eigenvalue weighted by Gasteiger charge is -2.39. The van der Waals surface area contributed by atoms with Gasteiger partial charge in [-0.25, -0.2) is 0 Å². The molecular formula is C47H51ClN8O5. The Hall–Kier alpha value is -5.45. The standard InChI is InChI=1S/C47H51ClN8O5/c48-40-22-37(6-3-32(40)23-49)54-20-15-47(29-54)13-18-53(19-14-47)44(59)31-1-4-35(5-2-31)55-27-33-25-51(26-34(33)28-55)24-30-11-16-52(17-12-30)36-7-8-38-39(21-36)46(61)56(45(38)60)41-9-10-42(57)50-43(41)58/h1-8,21-22,30,33-34,41H,9-20,24-29H2,(H,50,57,58). The summed E-state index contributed by atoms with van der Waals surface area (Å²) in [6.45, 7) is 10.6. The first-order valence-electron chi connectivity index (χ1n) is 22.0. The van der Waals surface area contributed by atoms with Gasteiger partial charge in [0.05, 0.1) is 21.7 Å². The topological polar surface area (TPSA) is 141 Å². The Bertz CT molecular complexity index is 2320. The second kappa shape index (κ2) is 15.8. The molecule has 3 aromatic rings. The van der Waals surface area contributed by atoms with Crippen LogP contribution >= 0.6 is 11.6 Å². The summed E-state index contributed by atoms with van der Waals surface area (Å²) in [6.07, 6.45) is 5.44. The van der Waals surface area contributed by atoms with Gasteiger partial charge in [0, 0.05) is 101 Å². The van der Waals surface area contributed by atoms with Gasteiger partial charge < -0.3 is 24.5 Å². The fourth-order valence-electron chi connectivity index (χ4n) is 11.4. The van der Waals surface area contributed by atoms with Crippen LogP contribution in [0.15, 0.2) is 60.7 Å². The number of fused-ring (bicyclic) bond motifs is 2. The smallest absolute Gasteiger partial charge is 0.262 e. The number of rotatable bonds is 7. The molecule has 7 aliphatic heterocycles. The Labute approximate surface area is 361 Å². The molecule has 13 nitrogen and oxygen atoms in total. The van der Waals surface area contributed by atoms with Gasteiger partial charge in [-0.05, 0) is 122 Å². The Morgan fingerprint density at radius 1 is 0.738 bits per heavy atom. The Morgan fingerprint density at radius 2 is 1.39 bits per heavy atom. The van der Waals surface area contributed by atoms with Crippen LogP contribution < -0.4 is 20.0 Å². The minimum absolute atomic E-state index is 0.101. The number of nitrogens with one attached hydrogen (secondary N) is 1. The van der Waals surface area contributed by atoms with Crippen molar-refractivity contribution in [2.24, 2.45) is 23.2 Å². The molecule has 0 saturated carbocycles. The van der Waals surface area contributed by atoms with Crippen molar-refractivity contribution in [3.05, 3.63) is 87.9 Å². The lowest BCUT2D eigenvalue weighted by atomic mass is 9.77. The van der Waals surface area contributed by atoms with Crippen molar-refractivity contribution in [3.8, 4) is 6.07 Å². The number of hydrogen-bond acceptors (Lipinski definition) is 10. The van der Waals surface area contributed by atoms with Crippen LogP contribution in [0.4, 0.5) is 17.1 Å². The van der Waals surface area contributed by atoms with Crippen molar-refractivity contribution in [1.82, 2.24) is 20.0 Å². The highest BCUT2D eigenvalue weighted by Crippen LogP contribution is 2.43. The third-order valence-electron chi connectivity index (χ3n) is 14.9. The predicted molar refractivity (Wildman–Crippen MR) is 231 cm³/mol. The number of carbonyl (C=O) groups excluding carboxylic acids is 5. The van der Waals surface area contributed by atoms with Crippen molar-refractivity contribution in [3.63, 3.8) is 0 Å². The SMILES string of the molecule is N#Cc1ccc(N2CCC3(CCN(C(=O)c4ccc(N5CC6CN(CC7CCN(c8ccc9c(c8)C(=O)N(C8CCC(=O)NC8=O)C9=O)CC7)CC6C5)cc4)CC3)C2)cc1Cl. The number of halogens is 1. The summed E-state index contributed by atoms with van der Waals surface area (Å²) in [4.78, 5) is 77.1. The summed E-state index contributed by atoms with van der Waals surface area (Å²) in [5.41, 5.74) is 5.27. The van der Waals surface area contributed by atoms with E-state index < -0.39 is 23.8 Å². The minimum Gasteiger partial charge on any atom is -0.371 e. The summed E-state index contributed by atoms with van der Waals surface area (Å²) in [5, 5.41) is 12.0. The van der Waals surface area contributed by atoms with E-state index in [0.717, 1.165) is 126 Å². The molecule has 1 N–H and O–H groups in total. The number of anilines is 3. The number of carbonyl (C=O) groups is 5. The molecule has 61 heavy (non-hydrogen) atoms. The number of amides is 5. The Balaban J connectivity index is 0.667. The normalized spacial score (nSPS) is 25.4. The maximum Gasteiger partial charge on any atom is 0.262 e. The molecule has 316 valence electrons. The van der Waals surface area contributed by atoms with E-state index >= 15 is 0 Å². The molecule has 0 aliphatic carbocycles. The van der Waals surface area contributed by atoms with E-state index in [2.05, 4.69) is 43.1 Å². The average Bonchev–Trinajstić information content (AvgIpc) is 4.03. The lowest BCUT2D eigenvalue weighted by molar-refractivity contribution is -0.136. The van der Waals surface area contributed by atoms with E-state index in [4.69, 9.17) is 11.6 Å². The molecule has 7 aliphatic rings. The lowest BCUT2D eigenvalue weighted by Crippen LogP contribution is -2.54. The van der Waals surface area contributed by atoms with Crippen LogP contribution in [-0.2, 0) is 9.59 Å². The molecule has 3 aromatic carbocycles. The van der Waals surface area contributed by atoms with Crippen LogP contribution in [0.5, 0.6) is 0 Å². The zero-order chi connectivity index (χ0) is 42.0. The molecule has 0 radical (unpaired) electrons. The number of benzene rings is 3. The van der Waals surface area contributed by atoms with Crippen LogP contribution in [0.2, 0.25) is 5.02 Å².